The fourth-order valence-corrected chi connectivity index (χ4v) is 2.67. The van der Waals surface area contributed by atoms with Crippen molar-refractivity contribution in [2.45, 2.75) is 31.5 Å². The number of hydrogen-bond acceptors (Lipinski definition) is 4. The maximum atomic E-state index is 13.1. The lowest BCUT2D eigenvalue weighted by Gasteiger charge is -2.26. The van der Waals surface area contributed by atoms with Gasteiger partial charge in [0.15, 0.2) is 6.17 Å². The molecule has 4 nitrogen and oxygen atoms in total. The van der Waals surface area contributed by atoms with Gasteiger partial charge in [-0.25, -0.2) is 4.39 Å². The molecule has 148 valence electrons. The lowest BCUT2D eigenvalue weighted by Crippen LogP contribution is -2.20. The molecule has 27 heavy (non-hydrogen) atoms. The number of alkyl halides is 2. The van der Waals surface area contributed by atoms with Crippen LogP contribution in [0.1, 0.15) is 25.0 Å². The summed E-state index contributed by atoms with van der Waals surface area (Å²) in [6.07, 6.45) is -2.07. The van der Waals surface area contributed by atoms with E-state index in [1.807, 2.05) is 36.4 Å². The number of rotatable bonds is 10. The molecule has 0 aliphatic heterocycles. The minimum atomic E-state index is -1.38. The molecule has 0 spiro atoms. The predicted octanol–water partition coefficient (Wildman–Crippen LogP) is 3.70. The Morgan fingerprint density at radius 3 is 1.78 bits per heavy atom. The molecule has 2 aromatic carbocycles. The highest BCUT2D eigenvalue weighted by molar-refractivity contribution is 6.18. The zero-order valence-electron chi connectivity index (χ0n) is 15.6. The van der Waals surface area contributed by atoms with Crippen molar-refractivity contribution in [3.63, 3.8) is 0 Å². The number of ether oxygens (including phenoxy) is 2. The zero-order chi connectivity index (χ0) is 19.9. The molecule has 2 atom stereocenters. The van der Waals surface area contributed by atoms with Crippen LogP contribution in [0, 0.1) is 0 Å². The lowest BCUT2D eigenvalue weighted by molar-refractivity contribution is 0.123. The van der Waals surface area contributed by atoms with Crippen LogP contribution in [0.25, 0.3) is 0 Å². The number of aliphatic hydroxyl groups excluding tert-OH is 2. The van der Waals surface area contributed by atoms with Gasteiger partial charge < -0.3 is 19.7 Å². The van der Waals surface area contributed by atoms with E-state index in [-0.39, 0.29) is 24.5 Å². The van der Waals surface area contributed by atoms with Crippen LogP contribution < -0.4 is 9.47 Å². The number of aliphatic hydroxyl groups is 2. The Morgan fingerprint density at radius 1 is 0.926 bits per heavy atom. The van der Waals surface area contributed by atoms with E-state index in [0.717, 1.165) is 11.1 Å². The van der Waals surface area contributed by atoms with Crippen molar-refractivity contribution in [2.75, 3.05) is 25.7 Å². The zero-order valence-corrected chi connectivity index (χ0v) is 16.3. The molecular weight excluding hydrogens is 371 g/mol. The molecule has 0 aliphatic carbocycles. The molecule has 2 rings (SSSR count). The second-order valence-electron chi connectivity index (χ2n) is 6.88. The first-order chi connectivity index (χ1) is 12.9. The highest BCUT2D eigenvalue weighted by atomic mass is 35.5. The molecule has 0 fully saturated rings. The Balaban J connectivity index is 2.04. The van der Waals surface area contributed by atoms with Gasteiger partial charge in [-0.2, -0.15) is 0 Å². The molecule has 0 amide bonds. The standard InChI is InChI=1S/C21H26ClFO4/c1-21(2,15-3-7-19(8-4-15)26-13-17(23)12-24)16-5-9-20(10-6-16)27-14-18(25)11-22/h3-10,17-18,24-25H,11-14H2,1-2H3/t17-,18-/m0/s1. The maximum absolute atomic E-state index is 13.1. The summed E-state index contributed by atoms with van der Waals surface area (Å²) in [5.74, 6) is 1.37. The van der Waals surface area contributed by atoms with Crippen molar-refractivity contribution in [3.8, 4) is 11.5 Å². The number of benzene rings is 2. The smallest absolute Gasteiger partial charge is 0.157 e. The second kappa shape index (κ2) is 9.93. The van der Waals surface area contributed by atoms with E-state index < -0.39 is 18.9 Å². The van der Waals surface area contributed by atoms with E-state index in [0.29, 0.717) is 11.5 Å². The van der Waals surface area contributed by atoms with Gasteiger partial charge in [-0.05, 0) is 35.4 Å². The summed E-state index contributed by atoms with van der Waals surface area (Å²) in [6, 6.07) is 15.2. The van der Waals surface area contributed by atoms with Crippen LogP contribution in [0.5, 0.6) is 11.5 Å². The Labute approximate surface area is 164 Å². The fraction of sp³-hybridized carbons (Fsp3) is 0.429. The minimum absolute atomic E-state index is 0.136. The Morgan fingerprint density at radius 2 is 1.37 bits per heavy atom. The Bertz CT molecular complexity index is 629. The quantitative estimate of drug-likeness (QED) is 0.601. The second-order valence-corrected chi connectivity index (χ2v) is 7.19. The summed E-state index contributed by atoms with van der Waals surface area (Å²) in [7, 11) is 0. The maximum Gasteiger partial charge on any atom is 0.157 e. The molecule has 0 saturated carbocycles. The number of halogens is 2. The Hall–Kier alpha value is -1.82. The van der Waals surface area contributed by atoms with Crippen molar-refractivity contribution in [2.24, 2.45) is 0 Å². The minimum Gasteiger partial charge on any atom is -0.491 e. The van der Waals surface area contributed by atoms with Gasteiger partial charge in [-0.3, -0.25) is 0 Å². The van der Waals surface area contributed by atoms with Crippen LogP contribution in [0.15, 0.2) is 48.5 Å². The largest absolute Gasteiger partial charge is 0.491 e. The first-order valence-corrected chi connectivity index (χ1v) is 9.36. The van der Waals surface area contributed by atoms with Gasteiger partial charge in [0.2, 0.25) is 0 Å². The molecule has 2 N–H and O–H groups in total. The van der Waals surface area contributed by atoms with Crippen molar-refractivity contribution >= 4 is 11.6 Å². The average Bonchev–Trinajstić information content (AvgIpc) is 2.70. The van der Waals surface area contributed by atoms with E-state index >= 15 is 0 Å². The first kappa shape index (κ1) is 21.5. The van der Waals surface area contributed by atoms with Crippen LogP contribution in [0.4, 0.5) is 4.39 Å². The van der Waals surface area contributed by atoms with Gasteiger partial charge in [0, 0.05) is 5.41 Å². The SMILES string of the molecule is CC(C)(c1ccc(OC[C@@H](O)CCl)cc1)c1ccc(OC[C@@H](F)CO)cc1. The molecule has 0 bridgehead atoms. The highest BCUT2D eigenvalue weighted by Gasteiger charge is 2.23. The predicted molar refractivity (Wildman–Crippen MR) is 105 cm³/mol. The summed E-state index contributed by atoms with van der Waals surface area (Å²) in [5.41, 5.74) is 1.94. The molecule has 6 heteroatoms. The highest BCUT2D eigenvalue weighted by Crippen LogP contribution is 2.33. The average molecular weight is 397 g/mol. The van der Waals surface area contributed by atoms with Crippen LogP contribution in [0.2, 0.25) is 0 Å². The molecule has 2 aromatic rings. The number of hydrogen-bond donors (Lipinski definition) is 2. The van der Waals surface area contributed by atoms with Crippen LogP contribution in [-0.2, 0) is 5.41 Å². The summed E-state index contributed by atoms with van der Waals surface area (Å²) < 4.78 is 23.9. The van der Waals surface area contributed by atoms with Crippen molar-refractivity contribution in [3.05, 3.63) is 59.7 Å². The fourth-order valence-electron chi connectivity index (χ4n) is 2.58. The van der Waals surface area contributed by atoms with E-state index in [1.54, 1.807) is 12.1 Å². The monoisotopic (exact) mass is 396 g/mol. The van der Waals surface area contributed by atoms with Crippen LogP contribution in [-0.4, -0.2) is 48.2 Å². The summed E-state index contributed by atoms with van der Waals surface area (Å²) in [4.78, 5) is 0. The van der Waals surface area contributed by atoms with Crippen molar-refractivity contribution in [1.82, 2.24) is 0 Å². The van der Waals surface area contributed by atoms with Gasteiger partial charge in [0.1, 0.15) is 30.8 Å². The van der Waals surface area contributed by atoms with Crippen molar-refractivity contribution in [1.29, 1.82) is 0 Å². The van der Waals surface area contributed by atoms with Gasteiger partial charge in [-0.1, -0.05) is 38.1 Å². The topological polar surface area (TPSA) is 58.9 Å². The third-order valence-corrected chi connectivity index (χ3v) is 4.76. The molecule has 0 radical (unpaired) electrons. The molecule has 0 aliphatic rings. The van der Waals surface area contributed by atoms with E-state index in [1.165, 1.54) is 0 Å². The molecule has 0 heterocycles. The van der Waals surface area contributed by atoms with E-state index in [9.17, 15) is 9.50 Å². The summed E-state index contributed by atoms with van der Waals surface area (Å²) in [6.45, 7) is 3.66. The van der Waals surface area contributed by atoms with Crippen molar-refractivity contribution < 1.29 is 24.1 Å². The molecule has 0 aromatic heterocycles. The van der Waals surface area contributed by atoms with Gasteiger partial charge in [0.05, 0.1) is 12.5 Å². The Kier molecular flexibility index (Phi) is 7.90. The third kappa shape index (κ3) is 6.09. The summed E-state index contributed by atoms with van der Waals surface area (Å²) >= 11 is 5.56. The van der Waals surface area contributed by atoms with Gasteiger partial charge >= 0.3 is 0 Å². The van der Waals surface area contributed by atoms with E-state index in [4.69, 9.17) is 26.2 Å². The van der Waals surface area contributed by atoms with Gasteiger partial charge in [0.25, 0.3) is 0 Å². The third-order valence-electron chi connectivity index (χ3n) is 4.40. The van der Waals surface area contributed by atoms with E-state index in [2.05, 4.69) is 13.8 Å². The molecule has 0 saturated heterocycles. The molecule has 0 unspecified atom stereocenters. The lowest BCUT2D eigenvalue weighted by atomic mass is 9.78. The van der Waals surface area contributed by atoms with Gasteiger partial charge in [-0.15, -0.1) is 11.6 Å². The van der Waals surface area contributed by atoms with Crippen LogP contribution in [0.3, 0.4) is 0 Å². The molecular formula is C21H26ClFO4. The normalized spacial score (nSPS) is 13.9. The van der Waals surface area contributed by atoms with Crippen LogP contribution >= 0.6 is 11.6 Å². The first-order valence-electron chi connectivity index (χ1n) is 8.82. The summed E-state index contributed by atoms with van der Waals surface area (Å²) in [5, 5.41) is 18.2.